The number of halogens is 1. The van der Waals surface area contributed by atoms with Crippen molar-refractivity contribution in [1.82, 2.24) is 10.2 Å². The second-order valence-corrected chi connectivity index (χ2v) is 11.4. The van der Waals surface area contributed by atoms with Crippen molar-refractivity contribution in [3.63, 3.8) is 0 Å². The summed E-state index contributed by atoms with van der Waals surface area (Å²) in [5, 5.41) is 13.7. The minimum atomic E-state index is -0.677. The van der Waals surface area contributed by atoms with Gasteiger partial charge in [-0.2, -0.15) is 5.26 Å². The van der Waals surface area contributed by atoms with Crippen LogP contribution in [0.3, 0.4) is 0 Å². The summed E-state index contributed by atoms with van der Waals surface area (Å²) < 4.78 is 17.1. The second kappa shape index (κ2) is 18.1. The monoisotopic (exact) mass is 667 g/mol. The Balaban J connectivity index is 0.00000368. The maximum atomic E-state index is 13.3. The molecule has 0 saturated carbocycles. The van der Waals surface area contributed by atoms with Crippen molar-refractivity contribution in [2.45, 2.75) is 39.0 Å². The van der Waals surface area contributed by atoms with Crippen LogP contribution in [0.2, 0.25) is 0 Å². The maximum Gasteiger partial charge on any atom is 0.255 e. The number of fused-ring (bicyclic) bond motifs is 1. The first-order valence-electron chi connectivity index (χ1n) is 14.9. The van der Waals surface area contributed by atoms with Crippen molar-refractivity contribution in [3.05, 3.63) is 93.6 Å². The van der Waals surface area contributed by atoms with Gasteiger partial charge in [-0.05, 0) is 69.1 Å². The Labute approximate surface area is 282 Å². The second-order valence-electron chi connectivity index (χ2n) is 11.4. The van der Waals surface area contributed by atoms with E-state index in [1.165, 1.54) is 0 Å². The predicted octanol–water partition coefficient (Wildman–Crippen LogP) is 5.12. The number of carbonyl (C=O) groups excluding carboxylic acids is 1. The first kappa shape index (κ1) is 40.6. The van der Waals surface area contributed by atoms with Crippen LogP contribution in [0.5, 0.6) is 11.5 Å². The van der Waals surface area contributed by atoms with Gasteiger partial charge in [0.05, 0.1) is 36.7 Å². The molecular weight excluding hydrogens is 622 g/mol. The summed E-state index contributed by atoms with van der Waals surface area (Å²) in [4.78, 5) is 28.5. The average molecular weight is 668 g/mol. The summed E-state index contributed by atoms with van der Waals surface area (Å²) in [6.07, 6.45) is 1.46. The van der Waals surface area contributed by atoms with E-state index in [-0.39, 0.29) is 46.2 Å². The van der Waals surface area contributed by atoms with Crippen molar-refractivity contribution >= 4 is 29.3 Å². The minimum Gasteiger partial charge on any atom is -0.493 e. The van der Waals surface area contributed by atoms with Gasteiger partial charge in [-0.15, -0.1) is 12.4 Å². The number of likely N-dealkylation sites (N-methyl/N-ethyl adjacent to an activating group) is 1. The summed E-state index contributed by atoms with van der Waals surface area (Å²) in [7, 11) is 5.19. The molecule has 1 atom stereocenters. The molecule has 47 heavy (non-hydrogen) atoms. The largest absolute Gasteiger partial charge is 0.493 e. The fourth-order valence-corrected chi connectivity index (χ4v) is 5.68. The number of rotatable bonds is 13. The number of para-hydroxylation sites is 1. The molecule has 11 heteroatoms. The summed E-state index contributed by atoms with van der Waals surface area (Å²) in [5.41, 5.74) is 1.98. The van der Waals surface area contributed by atoms with Crippen LogP contribution >= 0.6 is 12.4 Å². The van der Waals surface area contributed by atoms with Crippen LogP contribution < -0.4 is 20.2 Å². The Morgan fingerprint density at radius 1 is 1.00 bits per heavy atom. The summed E-state index contributed by atoms with van der Waals surface area (Å²) >= 11 is 0. The zero-order valence-corrected chi connectivity index (χ0v) is 28.6. The highest BCUT2D eigenvalue weighted by Gasteiger charge is 2.36. The van der Waals surface area contributed by atoms with Crippen LogP contribution in [0.1, 0.15) is 48.2 Å². The summed E-state index contributed by atoms with van der Waals surface area (Å²) in [6.45, 7) is 7.66. The molecule has 1 aromatic heterocycles. The van der Waals surface area contributed by atoms with Gasteiger partial charge >= 0.3 is 0 Å². The molecule has 254 valence electrons. The highest BCUT2D eigenvalue weighted by Crippen LogP contribution is 2.40. The molecule has 1 heterocycles. The van der Waals surface area contributed by atoms with Crippen molar-refractivity contribution in [1.29, 1.82) is 5.26 Å². The van der Waals surface area contributed by atoms with Gasteiger partial charge in [0.15, 0.2) is 22.5 Å². The Hall–Kier alpha value is -4.40. The van der Waals surface area contributed by atoms with Gasteiger partial charge in [-0.1, -0.05) is 56.3 Å². The molecule has 4 aromatic rings. The molecule has 0 spiro atoms. The smallest absolute Gasteiger partial charge is 0.255 e. The quantitative estimate of drug-likeness (QED) is 0.206. The number of nitrogens with one attached hydrogen (secondary N) is 1. The summed E-state index contributed by atoms with van der Waals surface area (Å²) in [6, 6.07) is 22.8. The van der Waals surface area contributed by atoms with Gasteiger partial charge in [0.2, 0.25) is 0 Å². The third-order valence-corrected chi connectivity index (χ3v) is 8.40. The number of ether oxygens (including phenoxy) is 2. The Morgan fingerprint density at radius 3 is 2.30 bits per heavy atom. The predicted molar refractivity (Wildman–Crippen MR) is 188 cm³/mol. The number of methoxy groups -OCH3 is 2. The Bertz CT molecular complexity index is 1720. The highest BCUT2D eigenvalue weighted by atomic mass is 35.5. The first-order valence-corrected chi connectivity index (χ1v) is 14.9. The van der Waals surface area contributed by atoms with Gasteiger partial charge in [-0.3, -0.25) is 9.59 Å². The number of carbonyl (C=O) groups is 1. The minimum absolute atomic E-state index is 0. The molecule has 1 amide bonds. The zero-order chi connectivity index (χ0) is 31.9. The van der Waals surface area contributed by atoms with Gasteiger partial charge in [-0.25, -0.2) is 0 Å². The van der Waals surface area contributed by atoms with E-state index in [1.807, 2.05) is 55.6 Å². The van der Waals surface area contributed by atoms with Crippen LogP contribution in [0.4, 0.5) is 0 Å². The van der Waals surface area contributed by atoms with Gasteiger partial charge in [0.1, 0.15) is 5.76 Å². The zero-order valence-electron chi connectivity index (χ0n) is 27.8. The molecule has 0 saturated heterocycles. The van der Waals surface area contributed by atoms with Crippen LogP contribution in [-0.2, 0) is 5.41 Å². The van der Waals surface area contributed by atoms with E-state index in [0.717, 1.165) is 24.1 Å². The van der Waals surface area contributed by atoms with E-state index in [1.54, 1.807) is 39.3 Å². The highest BCUT2D eigenvalue weighted by molar-refractivity contribution is 6.05. The van der Waals surface area contributed by atoms with Crippen molar-refractivity contribution < 1.29 is 29.6 Å². The fraction of sp³-hybridized carbons (Fsp3) is 0.361. The molecule has 4 rings (SSSR count). The van der Waals surface area contributed by atoms with Crippen molar-refractivity contribution in [3.8, 4) is 28.9 Å². The van der Waals surface area contributed by atoms with Crippen LogP contribution in [0, 0.1) is 24.2 Å². The molecular formula is C36H46ClN3O7. The van der Waals surface area contributed by atoms with Gasteiger partial charge in [0.25, 0.3) is 5.91 Å². The number of benzene rings is 3. The van der Waals surface area contributed by atoms with E-state index < -0.39 is 5.41 Å². The molecule has 1 unspecified atom stereocenters. The Kier molecular flexibility index (Phi) is 15.6. The third kappa shape index (κ3) is 8.70. The number of nitriles is 1. The SMILES string of the molecule is COc1ccc(C(C#N)(CCCN(C)CCNC(=O)c2cccc3c(=O)c(C)c(-c4ccccc4)oc23)C(C)C)cc1OC.Cl.O.O. The average Bonchev–Trinajstić information content (AvgIpc) is 3.04. The van der Waals surface area contributed by atoms with E-state index in [4.69, 9.17) is 13.9 Å². The maximum absolute atomic E-state index is 13.3. The number of amides is 1. The number of nitrogens with zero attached hydrogens (tertiary/aromatic N) is 2. The molecule has 0 radical (unpaired) electrons. The topological polar surface area (TPSA) is 168 Å². The van der Waals surface area contributed by atoms with Gasteiger partial charge < -0.3 is 35.1 Å². The summed E-state index contributed by atoms with van der Waals surface area (Å²) in [5.74, 6) is 1.49. The van der Waals surface area contributed by atoms with E-state index in [0.29, 0.717) is 53.3 Å². The molecule has 0 aliphatic carbocycles. The van der Waals surface area contributed by atoms with Crippen molar-refractivity contribution in [2.24, 2.45) is 5.92 Å². The van der Waals surface area contributed by atoms with Crippen LogP contribution in [-0.4, -0.2) is 62.7 Å². The Morgan fingerprint density at radius 2 is 1.68 bits per heavy atom. The molecule has 0 aliphatic rings. The normalized spacial score (nSPS) is 11.8. The lowest BCUT2D eigenvalue weighted by Crippen LogP contribution is -2.35. The molecule has 3 aromatic carbocycles. The lowest BCUT2D eigenvalue weighted by atomic mass is 9.69. The number of hydrogen-bond donors (Lipinski definition) is 1. The fourth-order valence-electron chi connectivity index (χ4n) is 5.68. The molecule has 5 N–H and O–H groups in total. The standard InChI is InChI=1S/C36H41N3O5.ClH.2H2O/c1-24(2)36(23-37,27-16-17-30(42-5)31(22-27)43-6)18-11-20-39(4)21-19-38-35(41)29-15-10-14-28-32(40)25(3)33(44-34(28)29)26-12-8-7-9-13-26;;;/h7-10,12-17,22,24H,11,18-21H2,1-6H3,(H,38,41);1H;2*1H2. The lowest BCUT2D eigenvalue weighted by Gasteiger charge is -2.32. The molecule has 0 bridgehead atoms. The van der Waals surface area contributed by atoms with Crippen molar-refractivity contribution in [2.75, 3.05) is 40.9 Å². The first-order chi connectivity index (χ1) is 21.2. The van der Waals surface area contributed by atoms with Crippen LogP contribution in [0.15, 0.2) is 75.9 Å². The van der Waals surface area contributed by atoms with E-state index in [9.17, 15) is 14.9 Å². The van der Waals surface area contributed by atoms with Crippen LogP contribution in [0.25, 0.3) is 22.3 Å². The van der Waals surface area contributed by atoms with E-state index in [2.05, 4.69) is 30.1 Å². The number of hydrogen-bond acceptors (Lipinski definition) is 7. The molecule has 0 aliphatic heterocycles. The lowest BCUT2D eigenvalue weighted by molar-refractivity contribution is 0.0950. The van der Waals surface area contributed by atoms with Gasteiger partial charge in [0, 0.05) is 24.2 Å². The van der Waals surface area contributed by atoms with E-state index >= 15 is 0 Å². The molecule has 0 fully saturated rings. The molecule has 10 nitrogen and oxygen atoms in total. The third-order valence-electron chi connectivity index (χ3n) is 8.40.